The lowest BCUT2D eigenvalue weighted by Gasteiger charge is -2.00. The van der Waals surface area contributed by atoms with Crippen molar-refractivity contribution in [2.45, 2.75) is 18.9 Å². The maximum absolute atomic E-state index is 8.41. The van der Waals surface area contributed by atoms with Crippen LogP contribution in [-0.4, -0.2) is 24.3 Å². The molecule has 0 aliphatic carbocycles. The molecule has 1 fully saturated rings. The van der Waals surface area contributed by atoms with Crippen LogP contribution in [0, 0.1) is 0 Å². The fourth-order valence-corrected chi connectivity index (χ4v) is 1.10. The lowest BCUT2D eigenvalue weighted by atomic mass is 10.2. The molecule has 9 heavy (non-hydrogen) atoms. The number of rotatable bonds is 2. The summed E-state index contributed by atoms with van der Waals surface area (Å²) in [4.78, 5) is 0. The summed E-state index contributed by atoms with van der Waals surface area (Å²) < 4.78 is 0. The standard InChI is InChI=1S/C7H13NO/c9-6-2-4-7-3-1-5-8-7/h2,4,7-9H,1,3,5-6H2. The average Bonchev–Trinajstić information content (AvgIpc) is 2.34. The van der Waals surface area contributed by atoms with Crippen LogP contribution in [0.1, 0.15) is 12.8 Å². The smallest absolute Gasteiger partial charge is 0.0612 e. The normalized spacial score (nSPS) is 27.9. The van der Waals surface area contributed by atoms with E-state index in [1.807, 2.05) is 6.08 Å². The molecule has 0 aromatic carbocycles. The molecular formula is C7H13NO. The van der Waals surface area contributed by atoms with Gasteiger partial charge in [-0.25, -0.2) is 0 Å². The molecule has 1 aliphatic heterocycles. The van der Waals surface area contributed by atoms with Crippen molar-refractivity contribution in [3.63, 3.8) is 0 Å². The van der Waals surface area contributed by atoms with Crippen LogP contribution in [0.2, 0.25) is 0 Å². The quantitative estimate of drug-likeness (QED) is 0.522. The highest BCUT2D eigenvalue weighted by atomic mass is 16.2. The van der Waals surface area contributed by atoms with Crippen molar-refractivity contribution in [1.82, 2.24) is 5.32 Å². The van der Waals surface area contributed by atoms with Gasteiger partial charge in [-0.3, -0.25) is 0 Å². The molecule has 2 nitrogen and oxygen atoms in total. The van der Waals surface area contributed by atoms with Crippen molar-refractivity contribution >= 4 is 0 Å². The third-order valence-corrected chi connectivity index (χ3v) is 1.57. The van der Waals surface area contributed by atoms with Gasteiger partial charge in [0.2, 0.25) is 0 Å². The van der Waals surface area contributed by atoms with Gasteiger partial charge < -0.3 is 10.4 Å². The van der Waals surface area contributed by atoms with Gasteiger partial charge >= 0.3 is 0 Å². The molecule has 0 aromatic rings. The van der Waals surface area contributed by atoms with Crippen LogP contribution < -0.4 is 5.32 Å². The predicted octanol–water partition coefficient (Wildman–Crippen LogP) is 0.287. The van der Waals surface area contributed by atoms with Gasteiger partial charge in [0.05, 0.1) is 6.61 Å². The van der Waals surface area contributed by atoms with Gasteiger partial charge in [0.1, 0.15) is 0 Å². The van der Waals surface area contributed by atoms with Crippen molar-refractivity contribution in [3.8, 4) is 0 Å². The van der Waals surface area contributed by atoms with Crippen molar-refractivity contribution in [3.05, 3.63) is 12.2 Å². The fraction of sp³-hybridized carbons (Fsp3) is 0.714. The number of hydrogen-bond donors (Lipinski definition) is 2. The van der Waals surface area contributed by atoms with Gasteiger partial charge in [0, 0.05) is 6.04 Å². The largest absolute Gasteiger partial charge is 0.392 e. The van der Waals surface area contributed by atoms with Gasteiger partial charge in [-0.1, -0.05) is 12.2 Å². The molecule has 0 bridgehead atoms. The molecular weight excluding hydrogens is 114 g/mol. The summed E-state index contributed by atoms with van der Waals surface area (Å²) in [6, 6.07) is 0.525. The molecule has 1 heterocycles. The van der Waals surface area contributed by atoms with Gasteiger partial charge in [-0.15, -0.1) is 0 Å². The minimum absolute atomic E-state index is 0.165. The van der Waals surface area contributed by atoms with Crippen molar-refractivity contribution in [2.24, 2.45) is 0 Å². The van der Waals surface area contributed by atoms with E-state index in [0.29, 0.717) is 6.04 Å². The van der Waals surface area contributed by atoms with E-state index in [4.69, 9.17) is 5.11 Å². The maximum Gasteiger partial charge on any atom is 0.0612 e. The Balaban J connectivity index is 2.18. The van der Waals surface area contributed by atoms with Crippen LogP contribution in [0.25, 0.3) is 0 Å². The number of hydrogen-bond acceptors (Lipinski definition) is 2. The Bertz CT molecular complexity index is 95.1. The van der Waals surface area contributed by atoms with E-state index in [1.165, 1.54) is 12.8 Å². The van der Waals surface area contributed by atoms with Crippen LogP contribution in [0.4, 0.5) is 0 Å². The van der Waals surface area contributed by atoms with E-state index in [9.17, 15) is 0 Å². The Morgan fingerprint density at radius 1 is 1.67 bits per heavy atom. The van der Waals surface area contributed by atoms with Gasteiger partial charge in [-0.05, 0) is 19.4 Å². The SMILES string of the molecule is OCC=CC1CCCN1. The Labute approximate surface area is 55.6 Å². The predicted molar refractivity (Wildman–Crippen MR) is 37.3 cm³/mol. The molecule has 2 heteroatoms. The minimum Gasteiger partial charge on any atom is -0.392 e. The first-order valence-corrected chi connectivity index (χ1v) is 3.44. The van der Waals surface area contributed by atoms with E-state index in [0.717, 1.165) is 6.54 Å². The van der Waals surface area contributed by atoms with Crippen LogP contribution in [0.3, 0.4) is 0 Å². The molecule has 0 saturated carbocycles. The van der Waals surface area contributed by atoms with Gasteiger partial charge in [0.25, 0.3) is 0 Å². The highest BCUT2D eigenvalue weighted by Gasteiger charge is 2.08. The lowest BCUT2D eigenvalue weighted by Crippen LogP contribution is -2.18. The summed E-state index contributed by atoms with van der Waals surface area (Å²) in [5.41, 5.74) is 0. The van der Waals surface area contributed by atoms with Crippen LogP contribution in [-0.2, 0) is 0 Å². The molecule has 1 unspecified atom stereocenters. The number of nitrogens with one attached hydrogen (secondary N) is 1. The van der Waals surface area contributed by atoms with Crippen LogP contribution in [0.15, 0.2) is 12.2 Å². The van der Waals surface area contributed by atoms with Gasteiger partial charge in [0.15, 0.2) is 0 Å². The van der Waals surface area contributed by atoms with E-state index in [-0.39, 0.29) is 6.61 Å². The summed E-state index contributed by atoms with van der Waals surface area (Å²) >= 11 is 0. The van der Waals surface area contributed by atoms with E-state index < -0.39 is 0 Å². The lowest BCUT2D eigenvalue weighted by molar-refractivity contribution is 0.342. The summed E-state index contributed by atoms with van der Waals surface area (Å²) in [5.74, 6) is 0. The second-order valence-corrected chi connectivity index (χ2v) is 2.31. The summed E-state index contributed by atoms with van der Waals surface area (Å²) in [6.45, 7) is 1.29. The average molecular weight is 127 g/mol. The number of aliphatic hydroxyl groups excluding tert-OH is 1. The van der Waals surface area contributed by atoms with E-state index in [1.54, 1.807) is 6.08 Å². The molecule has 0 radical (unpaired) electrons. The Hall–Kier alpha value is -0.340. The summed E-state index contributed by atoms with van der Waals surface area (Å²) in [6.07, 6.45) is 6.31. The molecule has 1 saturated heterocycles. The molecule has 0 amide bonds. The van der Waals surface area contributed by atoms with E-state index >= 15 is 0 Å². The Morgan fingerprint density at radius 2 is 2.56 bits per heavy atom. The maximum atomic E-state index is 8.41. The van der Waals surface area contributed by atoms with E-state index in [2.05, 4.69) is 5.32 Å². The first-order chi connectivity index (χ1) is 4.43. The highest BCUT2D eigenvalue weighted by molar-refractivity contribution is 4.95. The fourth-order valence-electron chi connectivity index (χ4n) is 1.10. The Kier molecular flexibility index (Phi) is 2.74. The van der Waals surface area contributed by atoms with Crippen molar-refractivity contribution < 1.29 is 5.11 Å². The zero-order valence-electron chi connectivity index (χ0n) is 5.51. The molecule has 2 N–H and O–H groups in total. The zero-order chi connectivity index (χ0) is 6.53. The first-order valence-electron chi connectivity index (χ1n) is 3.44. The minimum atomic E-state index is 0.165. The van der Waals surface area contributed by atoms with Crippen molar-refractivity contribution in [1.29, 1.82) is 0 Å². The zero-order valence-corrected chi connectivity index (χ0v) is 5.51. The van der Waals surface area contributed by atoms with Gasteiger partial charge in [-0.2, -0.15) is 0 Å². The summed E-state index contributed by atoms with van der Waals surface area (Å²) in [5, 5.41) is 11.7. The molecule has 1 rings (SSSR count). The van der Waals surface area contributed by atoms with Crippen molar-refractivity contribution in [2.75, 3.05) is 13.2 Å². The number of aliphatic hydroxyl groups is 1. The highest BCUT2D eigenvalue weighted by Crippen LogP contribution is 2.04. The molecule has 0 aromatic heterocycles. The topological polar surface area (TPSA) is 32.3 Å². The first kappa shape index (κ1) is 6.78. The Morgan fingerprint density at radius 3 is 3.11 bits per heavy atom. The summed E-state index contributed by atoms with van der Waals surface area (Å²) in [7, 11) is 0. The third kappa shape index (κ3) is 2.16. The molecule has 52 valence electrons. The molecule has 1 atom stereocenters. The van der Waals surface area contributed by atoms with Crippen LogP contribution >= 0.6 is 0 Å². The van der Waals surface area contributed by atoms with Crippen LogP contribution in [0.5, 0.6) is 0 Å². The molecule has 1 aliphatic rings. The third-order valence-electron chi connectivity index (χ3n) is 1.57. The second-order valence-electron chi connectivity index (χ2n) is 2.31. The molecule has 0 spiro atoms. The monoisotopic (exact) mass is 127 g/mol. The second kappa shape index (κ2) is 3.64.